The standard InChI is InChI=1S/C19H24N2O6/c1-19(2,3)27-18(25)20-9-5-6-11-7-8-12-14(22)10-13(17(24)26-4)21-15(12)16(11)23/h7-8,10,23H,5-6,9H2,1-4H3,(H,20,25)(H,21,22). The number of aryl methyl sites for hydroxylation is 1. The topological polar surface area (TPSA) is 118 Å². The summed E-state index contributed by atoms with van der Waals surface area (Å²) < 4.78 is 9.75. The molecule has 0 unspecified atom stereocenters. The van der Waals surface area contributed by atoms with Gasteiger partial charge in [-0.2, -0.15) is 0 Å². The maximum Gasteiger partial charge on any atom is 0.407 e. The second kappa shape index (κ2) is 8.11. The van der Waals surface area contributed by atoms with Crippen molar-refractivity contribution in [1.82, 2.24) is 10.3 Å². The van der Waals surface area contributed by atoms with Crippen LogP contribution in [0.3, 0.4) is 0 Å². The summed E-state index contributed by atoms with van der Waals surface area (Å²) in [4.78, 5) is 38.1. The monoisotopic (exact) mass is 376 g/mol. The van der Waals surface area contributed by atoms with E-state index in [2.05, 4.69) is 15.0 Å². The van der Waals surface area contributed by atoms with E-state index < -0.39 is 23.1 Å². The molecule has 0 aliphatic carbocycles. The van der Waals surface area contributed by atoms with Gasteiger partial charge in [0.25, 0.3) is 0 Å². The Morgan fingerprint density at radius 2 is 1.96 bits per heavy atom. The van der Waals surface area contributed by atoms with Gasteiger partial charge in [-0.05, 0) is 45.2 Å². The highest BCUT2D eigenvalue weighted by atomic mass is 16.6. The van der Waals surface area contributed by atoms with Crippen molar-refractivity contribution in [3.63, 3.8) is 0 Å². The van der Waals surface area contributed by atoms with Gasteiger partial charge in [-0.3, -0.25) is 4.79 Å². The van der Waals surface area contributed by atoms with Crippen LogP contribution in [0.25, 0.3) is 10.9 Å². The molecule has 8 nitrogen and oxygen atoms in total. The summed E-state index contributed by atoms with van der Waals surface area (Å²) in [5.74, 6) is -0.798. The highest BCUT2D eigenvalue weighted by Gasteiger charge is 2.16. The van der Waals surface area contributed by atoms with Crippen molar-refractivity contribution in [3.05, 3.63) is 39.7 Å². The molecule has 1 aromatic carbocycles. The highest BCUT2D eigenvalue weighted by Crippen LogP contribution is 2.26. The largest absolute Gasteiger partial charge is 0.505 e. The number of hydrogen-bond donors (Lipinski definition) is 3. The van der Waals surface area contributed by atoms with Crippen LogP contribution in [0.1, 0.15) is 43.2 Å². The van der Waals surface area contributed by atoms with E-state index in [0.29, 0.717) is 24.9 Å². The molecule has 0 aliphatic heterocycles. The maximum absolute atomic E-state index is 12.1. The van der Waals surface area contributed by atoms with Crippen molar-refractivity contribution >= 4 is 23.0 Å². The number of phenols is 1. The van der Waals surface area contributed by atoms with E-state index >= 15 is 0 Å². The summed E-state index contributed by atoms with van der Waals surface area (Å²) >= 11 is 0. The first-order valence-electron chi connectivity index (χ1n) is 8.55. The van der Waals surface area contributed by atoms with E-state index in [4.69, 9.17) is 4.74 Å². The molecule has 0 radical (unpaired) electrons. The summed E-state index contributed by atoms with van der Waals surface area (Å²) in [7, 11) is 1.21. The zero-order valence-corrected chi connectivity index (χ0v) is 15.8. The quantitative estimate of drug-likeness (QED) is 0.545. The molecule has 3 N–H and O–H groups in total. The fourth-order valence-electron chi connectivity index (χ4n) is 2.55. The number of alkyl carbamates (subject to hydrolysis) is 1. The number of methoxy groups -OCH3 is 1. The van der Waals surface area contributed by atoms with Gasteiger partial charge >= 0.3 is 12.1 Å². The van der Waals surface area contributed by atoms with Crippen LogP contribution >= 0.6 is 0 Å². The predicted octanol–water partition coefficient (Wildman–Crippen LogP) is 2.48. The van der Waals surface area contributed by atoms with E-state index in [9.17, 15) is 19.5 Å². The third-order valence-electron chi connectivity index (χ3n) is 3.76. The Labute approximate surface area is 156 Å². The first-order chi connectivity index (χ1) is 12.6. The van der Waals surface area contributed by atoms with Gasteiger partial charge in [-0.15, -0.1) is 0 Å². The van der Waals surface area contributed by atoms with Gasteiger partial charge in [-0.1, -0.05) is 6.07 Å². The molecule has 0 saturated heterocycles. The number of nitrogens with one attached hydrogen (secondary N) is 2. The number of aromatic amines is 1. The number of benzene rings is 1. The molecule has 2 rings (SSSR count). The second-order valence-corrected chi connectivity index (χ2v) is 7.07. The average molecular weight is 376 g/mol. The van der Waals surface area contributed by atoms with E-state index in [1.807, 2.05) is 0 Å². The first kappa shape index (κ1) is 20.3. The second-order valence-electron chi connectivity index (χ2n) is 7.07. The lowest BCUT2D eigenvalue weighted by molar-refractivity contribution is 0.0526. The third kappa shape index (κ3) is 5.22. The van der Waals surface area contributed by atoms with Crippen LogP contribution < -0.4 is 10.7 Å². The summed E-state index contributed by atoms with van der Waals surface area (Å²) in [5.41, 5.74) is -0.220. The molecule has 146 valence electrons. The number of rotatable bonds is 5. The normalized spacial score (nSPS) is 11.3. The number of ether oxygens (including phenoxy) is 2. The number of esters is 1. The summed E-state index contributed by atoms with van der Waals surface area (Å²) in [6.07, 6.45) is 0.513. The Balaban J connectivity index is 2.11. The molecular weight excluding hydrogens is 352 g/mol. The number of carbonyl (C=O) groups excluding carboxylic acids is 2. The summed E-state index contributed by atoms with van der Waals surface area (Å²) in [6.45, 7) is 5.71. The Morgan fingerprint density at radius 3 is 2.59 bits per heavy atom. The van der Waals surface area contributed by atoms with Crippen molar-refractivity contribution < 1.29 is 24.2 Å². The molecule has 27 heavy (non-hydrogen) atoms. The van der Waals surface area contributed by atoms with Crippen LogP contribution in [0, 0.1) is 0 Å². The lowest BCUT2D eigenvalue weighted by Gasteiger charge is -2.19. The number of amides is 1. The minimum absolute atomic E-state index is 0.0333. The number of aromatic nitrogens is 1. The van der Waals surface area contributed by atoms with Crippen LogP contribution in [0.15, 0.2) is 23.0 Å². The van der Waals surface area contributed by atoms with Crippen molar-refractivity contribution in [2.45, 2.75) is 39.2 Å². The molecular formula is C19H24N2O6. The lowest BCUT2D eigenvalue weighted by Crippen LogP contribution is -2.33. The molecule has 8 heteroatoms. The molecule has 0 spiro atoms. The SMILES string of the molecule is COC(=O)c1cc(=O)c2ccc(CCCNC(=O)OC(C)(C)C)c(O)c2[nH]1. The van der Waals surface area contributed by atoms with Gasteiger partial charge < -0.3 is 24.9 Å². The Kier molecular flexibility index (Phi) is 6.09. The Hall–Kier alpha value is -3.03. The zero-order chi connectivity index (χ0) is 20.2. The van der Waals surface area contributed by atoms with Gasteiger partial charge in [0.05, 0.1) is 12.6 Å². The molecule has 0 atom stereocenters. The van der Waals surface area contributed by atoms with Crippen molar-refractivity contribution in [2.24, 2.45) is 0 Å². The maximum atomic E-state index is 12.1. The summed E-state index contributed by atoms with van der Waals surface area (Å²) in [5, 5.41) is 13.4. The van der Waals surface area contributed by atoms with Crippen LogP contribution in [0.4, 0.5) is 4.79 Å². The number of phenolic OH excluding ortho intramolecular Hbond substituents is 1. The lowest BCUT2D eigenvalue weighted by atomic mass is 10.0. The van der Waals surface area contributed by atoms with E-state index in [1.165, 1.54) is 7.11 Å². The zero-order valence-electron chi connectivity index (χ0n) is 15.8. The number of fused-ring (bicyclic) bond motifs is 1. The van der Waals surface area contributed by atoms with Gasteiger partial charge in [0.1, 0.15) is 17.0 Å². The molecule has 0 fully saturated rings. The van der Waals surface area contributed by atoms with Crippen molar-refractivity contribution in [1.29, 1.82) is 0 Å². The number of carbonyl (C=O) groups is 2. The van der Waals surface area contributed by atoms with Crippen molar-refractivity contribution in [2.75, 3.05) is 13.7 Å². The summed E-state index contributed by atoms with van der Waals surface area (Å²) in [6, 6.07) is 4.38. The average Bonchev–Trinajstić information content (AvgIpc) is 2.58. The van der Waals surface area contributed by atoms with Gasteiger partial charge in [-0.25, -0.2) is 9.59 Å². The molecule has 0 bridgehead atoms. The molecule has 2 aromatic rings. The minimum Gasteiger partial charge on any atom is -0.505 e. The van der Waals surface area contributed by atoms with E-state index in [0.717, 1.165) is 6.07 Å². The number of aromatic hydroxyl groups is 1. The highest BCUT2D eigenvalue weighted by molar-refractivity contribution is 5.93. The fraction of sp³-hybridized carbons (Fsp3) is 0.421. The van der Waals surface area contributed by atoms with E-state index in [-0.39, 0.29) is 22.3 Å². The molecule has 1 heterocycles. The fourth-order valence-corrected chi connectivity index (χ4v) is 2.55. The predicted molar refractivity (Wildman–Crippen MR) is 100 cm³/mol. The van der Waals surface area contributed by atoms with Gasteiger partial charge in [0.15, 0.2) is 5.43 Å². The first-order valence-corrected chi connectivity index (χ1v) is 8.55. The minimum atomic E-state index is -0.694. The van der Waals surface area contributed by atoms with Gasteiger partial charge in [0, 0.05) is 18.0 Å². The molecule has 1 aromatic heterocycles. The van der Waals surface area contributed by atoms with Crippen LogP contribution in [0.5, 0.6) is 5.75 Å². The smallest absolute Gasteiger partial charge is 0.407 e. The van der Waals surface area contributed by atoms with Crippen molar-refractivity contribution in [3.8, 4) is 5.75 Å². The molecule has 1 amide bonds. The molecule has 0 saturated carbocycles. The number of H-pyrrole nitrogens is 1. The van der Waals surface area contributed by atoms with Crippen LogP contribution in [-0.4, -0.2) is 41.4 Å². The third-order valence-corrected chi connectivity index (χ3v) is 3.76. The van der Waals surface area contributed by atoms with Crippen LogP contribution in [-0.2, 0) is 15.9 Å². The van der Waals surface area contributed by atoms with E-state index in [1.54, 1.807) is 32.9 Å². The van der Waals surface area contributed by atoms with Crippen LogP contribution in [0.2, 0.25) is 0 Å². The molecule has 0 aliphatic rings. The Morgan fingerprint density at radius 1 is 1.26 bits per heavy atom. The number of hydrogen-bond acceptors (Lipinski definition) is 6. The number of pyridine rings is 1. The van der Waals surface area contributed by atoms with Gasteiger partial charge in [0.2, 0.25) is 0 Å². The Bertz CT molecular complexity index is 911.